The highest BCUT2D eigenvalue weighted by Gasteiger charge is 2.35. The van der Waals surface area contributed by atoms with E-state index < -0.39 is 22.0 Å². The lowest BCUT2D eigenvalue weighted by atomic mass is 10.1. The number of aromatic nitrogens is 3. The topological polar surface area (TPSA) is 149 Å². The Morgan fingerprint density at radius 1 is 1.05 bits per heavy atom. The highest BCUT2D eigenvalue weighted by Crippen LogP contribution is 2.31. The number of amides is 1. The number of nitrogens with zero attached hydrogens (tertiary/aromatic N) is 3. The van der Waals surface area contributed by atoms with E-state index in [1.54, 1.807) is 61.5 Å². The third-order valence-electron chi connectivity index (χ3n) is 7.23. The van der Waals surface area contributed by atoms with E-state index in [0.29, 0.717) is 57.0 Å². The molecule has 3 aromatic carbocycles. The van der Waals surface area contributed by atoms with Crippen LogP contribution in [0.3, 0.4) is 0 Å². The van der Waals surface area contributed by atoms with E-state index >= 15 is 0 Å². The van der Waals surface area contributed by atoms with E-state index in [-0.39, 0.29) is 22.3 Å². The second-order valence-corrected chi connectivity index (χ2v) is 12.7. The molecular formula is C31H27ClN6O4S. The predicted molar refractivity (Wildman–Crippen MR) is 168 cm³/mol. The number of rotatable bonds is 8. The van der Waals surface area contributed by atoms with E-state index in [1.165, 1.54) is 10.8 Å². The van der Waals surface area contributed by atoms with Crippen LogP contribution in [0.15, 0.2) is 89.9 Å². The fraction of sp³-hybridized carbons (Fsp3) is 0.161. The fourth-order valence-corrected chi connectivity index (χ4v) is 6.55. The van der Waals surface area contributed by atoms with Crippen molar-refractivity contribution in [1.29, 1.82) is 0 Å². The first-order chi connectivity index (χ1) is 20.6. The number of para-hydroxylation sites is 1. The van der Waals surface area contributed by atoms with Crippen molar-refractivity contribution in [3.05, 3.63) is 112 Å². The Labute approximate surface area is 252 Å². The van der Waals surface area contributed by atoms with Crippen molar-refractivity contribution in [2.75, 3.05) is 10.5 Å². The van der Waals surface area contributed by atoms with E-state index in [0.717, 1.165) is 0 Å². The molecule has 2 aromatic heterocycles. The average molecular weight is 615 g/mol. The number of nitrogens with one attached hydrogen (secondary N) is 2. The first-order valence-corrected chi connectivity index (χ1v) is 15.5. The van der Waals surface area contributed by atoms with Gasteiger partial charge in [0, 0.05) is 22.6 Å². The van der Waals surface area contributed by atoms with Gasteiger partial charge in [-0.1, -0.05) is 54.1 Å². The molecule has 0 saturated heterocycles. The van der Waals surface area contributed by atoms with Gasteiger partial charge in [-0.3, -0.25) is 18.9 Å². The van der Waals surface area contributed by atoms with Gasteiger partial charge in [-0.05, 0) is 61.5 Å². The smallest absolute Gasteiger partial charge is 0.274 e. The molecule has 4 N–H and O–H groups in total. The molecule has 0 aliphatic heterocycles. The van der Waals surface area contributed by atoms with Crippen LogP contribution in [-0.4, -0.2) is 34.1 Å². The molecule has 1 aliphatic carbocycles. The summed E-state index contributed by atoms with van der Waals surface area (Å²) in [7, 11) is -3.45. The zero-order valence-electron chi connectivity index (χ0n) is 23.0. The number of sulfonamides is 1. The Kier molecular flexibility index (Phi) is 7.37. The van der Waals surface area contributed by atoms with Crippen molar-refractivity contribution in [2.45, 2.75) is 31.1 Å². The van der Waals surface area contributed by atoms with E-state index in [2.05, 4.69) is 20.0 Å². The van der Waals surface area contributed by atoms with E-state index in [1.807, 2.05) is 24.3 Å². The summed E-state index contributed by atoms with van der Waals surface area (Å²) in [6, 6.07) is 22.2. The number of fused-ring (bicyclic) bond motifs is 1. The van der Waals surface area contributed by atoms with Crippen LogP contribution in [0.2, 0.25) is 5.02 Å². The lowest BCUT2D eigenvalue weighted by molar-refractivity contribution is 0.0934. The second-order valence-electron chi connectivity index (χ2n) is 10.4. The molecule has 6 rings (SSSR count). The maximum absolute atomic E-state index is 13.7. The average Bonchev–Trinajstić information content (AvgIpc) is 3.84. The first-order valence-electron chi connectivity index (χ1n) is 13.6. The molecule has 1 saturated carbocycles. The van der Waals surface area contributed by atoms with Gasteiger partial charge in [0.1, 0.15) is 0 Å². The lowest BCUT2D eigenvalue weighted by Crippen LogP contribution is -2.33. The van der Waals surface area contributed by atoms with Crippen LogP contribution in [0.4, 0.5) is 11.5 Å². The zero-order valence-corrected chi connectivity index (χ0v) is 24.6. The van der Waals surface area contributed by atoms with Gasteiger partial charge in [-0.2, -0.15) is 0 Å². The van der Waals surface area contributed by atoms with Gasteiger partial charge in [0.2, 0.25) is 10.0 Å². The number of nitrogens with two attached hydrogens (primary N) is 1. The minimum Gasteiger partial charge on any atom is -0.382 e. The van der Waals surface area contributed by atoms with Crippen molar-refractivity contribution in [2.24, 2.45) is 0 Å². The Bertz CT molecular complexity index is 2050. The third-order valence-corrected chi connectivity index (χ3v) is 9.41. The Balaban J connectivity index is 1.33. The summed E-state index contributed by atoms with van der Waals surface area (Å²) in [5.41, 5.74) is 8.07. The molecule has 0 radical (unpaired) electrons. The molecule has 0 bridgehead atoms. The number of hydrogen-bond acceptors (Lipinski definition) is 7. The van der Waals surface area contributed by atoms with Crippen LogP contribution in [0.25, 0.3) is 27.7 Å². The Morgan fingerprint density at radius 3 is 2.53 bits per heavy atom. The molecule has 1 unspecified atom stereocenters. The van der Waals surface area contributed by atoms with Gasteiger partial charge < -0.3 is 11.1 Å². The number of nitrogen functional groups attached to an aromatic ring is 1. The van der Waals surface area contributed by atoms with E-state index in [9.17, 15) is 18.0 Å². The largest absolute Gasteiger partial charge is 0.382 e. The molecule has 1 amide bonds. The van der Waals surface area contributed by atoms with Crippen molar-refractivity contribution < 1.29 is 13.2 Å². The van der Waals surface area contributed by atoms with Crippen LogP contribution in [0.5, 0.6) is 0 Å². The van der Waals surface area contributed by atoms with Gasteiger partial charge in [-0.15, -0.1) is 0 Å². The quantitative estimate of drug-likeness (QED) is 0.221. The summed E-state index contributed by atoms with van der Waals surface area (Å²) < 4.78 is 28.9. The summed E-state index contributed by atoms with van der Waals surface area (Å²) in [5, 5.41) is 3.88. The monoisotopic (exact) mass is 614 g/mol. The number of anilines is 2. The van der Waals surface area contributed by atoms with Crippen molar-refractivity contribution >= 4 is 49.8 Å². The Morgan fingerprint density at radius 2 is 1.79 bits per heavy atom. The summed E-state index contributed by atoms with van der Waals surface area (Å²) >= 11 is 6.41. The molecule has 0 spiro atoms. The number of pyridine rings is 1. The fourth-order valence-electron chi connectivity index (χ4n) is 4.91. The van der Waals surface area contributed by atoms with Gasteiger partial charge in [0.15, 0.2) is 11.5 Å². The van der Waals surface area contributed by atoms with Gasteiger partial charge in [-0.25, -0.2) is 18.4 Å². The van der Waals surface area contributed by atoms with Crippen LogP contribution in [0, 0.1) is 0 Å². The highest BCUT2D eigenvalue weighted by molar-refractivity contribution is 7.93. The van der Waals surface area contributed by atoms with Crippen molar-refractivity contribution in [3.63, 3.8) is 0 Å². The molecule has 5 aromatic rings. The zero-order chi connectivity index (χ0) is 30.3. The normalized spacial score (nSPS) is 13.9. The molecule has 2 heterocycles. The molecule has 1 aliphatic rings. The number of benzene rings is 3. The van der Waals surface area contributed by atoms with Crippen molar-refractivity contribution in [3.8, 4) is 16.9 Å². The molecular weight excluding hydrogens is 588 g/mol. The SMILES string of the molecule is CC(NC(=O)c1nc(-c2cccc(NS(=O)(=O)C3CC3)c2)cnc1N)c1cc2cccc(Cl)c2c(=O)n1-c1ccccc1. The minimum atomic E-state index is -3.45. The van der Waals surface area contributed by atoms with Gasteiger partial charge in [0.25, 0.3) is 11.5 Å². The predicted octanol–water partition coefficient (Wildman–Crippen LogP) is 5.08. The summed E-state index contributed by atoms with van der Waals surface area (Å²) in [5.74, 6) is -0.673. The highest BCUT2D eigenvalue weighted by atomic mass is 35.5. The second kappa shape index (κ2) is 11.2. The molecule has 1 atom stereocenters. The molecule has 218 valence electrons. The summed E-state index contributed by atoms with van der Waals surface area (Å²) in [6.45, 7) is 1.76. The summed E-state index contributed by atoms with van der Waals surface area (Å²) in [4.78, 5) is 35.9. The standard InChI is InChI=1S/C31H27ClN6O4S/c1-18(26-16-20-8-6-12-24(32)27(20)31(40)38(26)22-10-3-2-4-11-22)35-30(39)28-29(33)34-17-25(36-28)19-7-5-9-21(15-19)37-43(41,42)23-13-14-23/h2-12,15-18,23,37H,13-14H2,1H3,(H2,33,34)(H,35,39). The number of carbonyl (C=O) groups excluding carboxylic acids is 1. The van der Waals surface area contributed by atoms with E-state index in [4.69, 9.17) is 17.3 Å². The first kappa shape index (κ1) is 28.4. The lowest BCUT2D eigenvalue weighted by Gasteiger charge is -2.21. The molecule has 1 fully saturated rings. The van der Waals surface area contributed by atoms with Crippen molar-refractivity contribution in [1.82, 2.24) is 19.9 Å². The molecule has 10 nitrogen and oxygen atoms in total. The maximum Gasteiger partial charge on any atom is 0.274 e. The number of halogens is 1. The third kappa shape index (κ3) is 5.69. The van der Waals surface area contributed by atoms with Crippen LogP contribution < -0.4 is 21.3 Å². The van der Waals surface area contributed by atoms with Crippen LogP contribution >= 0.6 is 11.6 Å². The maximum atomic E-state index is 13.7. The minimum absolute atomic E-state index is 0.0789. The molecule has 43 heavy (non-hydrogen) atoms. The van der Waals surface area contributed by atoms with Gasteiger partial charge >= 0.3 is 0 Å². The van der Waals surface area contributed by atoms with Gasteiger partial charge in [0.05, 0.1) is 33.6 Å². The number of hydrogen-bond donors (Lipinski definition) is 3. The number of carbonyl (C=O) groups is 1. The Hall–Kier alpha value is -4.74. The van der Waals surface area contributed by atoms with Crippen LogP contribution in [-0.2, 0) is 10.0 Å². The molecule has 12 heteroatoms. The van der Waals surface area contributed by atoms with Crippen LogP contribution in [0.1, 0.15) is 42.0 Å². The summed E-state index contributed by atoms with van der Waals surface area (Å²) in [6.07, 6.45) is 2.71.